The van der Waals surface area contributed by atoms with Gasteiger partial charge in [-0.25, -0.2) is 0 Å². The molecule has 6 heteroatoms. The maximum Gasteiger partial charge on any atom is 0.512 e. The van der Waals surface area contributed by atoms with Gasteiger partial charge < -0.3 is 14.7 Å². The lowest BCUT2D eigenvalue weighted by atomic mass is 10.0. The average molecular weight is 226 g/mol. The van der Waals surface area contributed by atoms with Crippen LogP contribution in [-0.2, 0) is 14.2 Å². The summed E-state index contributed by atoms with van der Waals surface area (Å²) in [6.07, 6.45) is 1.70. The van der Waals surface area contributed by atoms with Crippen molar-refractivity contribution in [2.24, 2.45) is 0 Å². The van der Waals surface area contributed by atoms with Gasteiger partial charge in [-0.1, -0.05) is 0 Å². The largest absolute Gasteiger partial charge is 0.525 e. The Morgan fingerprint density at radius 3 is 2.56 bits per heavy atom. The molecule has 0 aliphatic carbocycles. The highest BCUT2D eigenvalue weighted by atomic mass is 16.6. The summed E-state index contributed by atoms with van der Waals surface area (Å²) in [7, 11) is 0.827. The third-order valence-electron chi connectivity index (χ3n) is 2.02. The summed E-state index contributed by atoms with van der Waals surface area (Å²) in [5.41, 5.74) is -0.578. The van der Waals surface area contributed by atoms with Gasteiger partial charge in [0.05, 0.1) is 0 Å². The second kappa shape index (κ2) is 5.34. The fourth-order valence-electron chi connectivity index (χ4n) is 1.40. The molecule has 0 aromatic carbocycles. The molecule has 0 spiro atoms. The van der Waals surface area contributed by atoms with Crippen molar-refractivity contribution in [3.8, 4) is 0 Å². The molecule has 1 rings (SSSR count). The van der Waals surface area contributed by atoms with Crippen molar-refractivity contribution in [1.82, 2.24) is 5.32 Å². The number of carbonyl (C=O) groups excluding carboxylic acids is 2. The quantitative estimate of drug-likeness (QED) is 0.722. The van der Waals surface area contributed by atoms with Gasteiger partial charge in [0.2, 0.25) is 0 Å². The summed E-state index contributed by atoms with van der Waals surface area (Å²) in [5.74, 6) is -1.07. The summed E-state index contributed by atoms with van der Waals surface area (Å²) >= 11 is 0. The van der Waals surface area contributed by atoms with Gasteiger partial charge in [-0.15, -0.1) is 0 Å². The van der Waals surface area contributed by atoms with Crippen molar-refractivity contribution in [3.63, 3.8) is 0 Å². The minimum absolute atomic E-state index is 0.293. The smallest absolute Gasteiger partial charge is 0.512 e. The molecule has 0 aromatic rings. The monoisotopic (exact) mass is 226 g/mol. The zero-order valence-corrected chi connectivity index (χ0v) is 9.91. The number of nitrogens with one attached hydrogen (secondary N) is 1. The van der Waals surface area contributed by atoms with E-state index < -0.39 is 17.4 Å². The Hall–Kier alpha value is -1.04. The third kappa shape index (κ3) is 4.66. The van der Waals surface area contributed by atoms with E-state index in [9.17, 15) is 9.59 Å². The van der Waals surface area contributed by atoms with Crippen LogP contribution in [0.15, 0.2) is 0 Å². The van der Waals surface area contributed by atoms with Crippen molar-refractivity contribution in [1.29, 1.82) is 0 Å². The molecule has 1 atom stereocenters. The van der Waals surface area contributed by atoms with Crippen LogP contribution in [0.4, 0.5) is 4.79 Å². The first-order valence-corrected chi connectivity index (χ1v) is 5.38. The standard InChI is InChI=1S/C10H17BNO4/c1-10(2,3)15-9(14)11-16-8(13)7-5-4-6-12-7/h7,12H,4-6H2,1-3H3/t7-/m0/s1. The summed E-state index contributed by atoms with van der Waals surface area (Å²) in [4.78, 5) is 22.6. The lowest BCUT2D eigenvalue weighted by molar-refractivity contribution is -0.136. The van der Waals surface area contributed by atoms with Crippen LogP contribution in [0, 0.1) is 0 Å². The van der Waals surface area contributed by atoms with E-state index in [0.29, 0.717) is 0 Å². The van der Waals surface area contributed by atoms with Gasteiger partial charge in [-0.2, -0.15) is 0 Å². The van der Waals surface area contributed by atoms with E-state index in [-0.39, 0.29) is 6.04 Å². The highest BCUT2D eigenvalue weighted by Crippen LogP contribution is 2.08. The van der Waals surface area contributed by atoms with Gasteiger partial charge in [0, 0.05) is 0 Å². The van der Waals surface area contributed by atoms with Crippen molar-refractivity contribution >= 4 is 19.3 Å². The number of hydrogen-bond acceptors (Lipinski definition) is 5. The molecule has 0 unspecified atom stereocenters. The first kappa shape index (κ1) is 13.0. The summed E-state index contributed by atoms with van der Waals surface area (Å²) < 4.78 is 9.69. The van der Waals surface area contributed by atoms with Crippen LogP contribution in [0.3, 0.4) is 0 Å². The predicted molar refractivity (Wildman–Crippen MR) is 59.1 cm³/mol. The molecule has 1 aliphatic rings. The maximum absolute atomic E-state index is 11.4. The van der Waals surface area contributed by atoms with E-state index in [1.807, 2.05) is 0 Å². The molecule has 5 nitrogen and oxygen atoms in total. The zero-order valence-electron chi connectivity index (χ0n) is 9.91. The molecule has 1 aliphatic heterocycles. The van der Waals surface area contributed by atoms with Crippen molar-refractivity contribution in [2.75, 3.05) is 6.54 Å². The Morgan fingerprint density at radius 1 is 1.38 bits per heavy atom. The highest BCUT2D eigenvalue weighted by molar-refractivity contribution is 6.68. The van der Waals surface area contributed by atoms with Gasteiger partial charge in [0.25, 0.3) is 0 Å². The summed E-state index contributed by atoms with van der Waals surface area (Å²) in [6, 6.07) is -0.293. The minimum atomic E-state index is -0.640. The van der Waals surface area contributed by atoms with Gasteiger partial charge in [-0.3, -0.25) is 9.59 Å². The van der Waals surface area contributed by atoms with Crippen LogP contribution < -0.4 is 5.32 Å². The van der Waals surface area contributed by atoms with E-state index in [1.165, 1.54) is 0 Å². The average Bonchev–Trinajstić information content (AvgIpc) is 2.64. The van der Waals surface area contributed by atoms with Crippen molar-refractivity contribution in [2.45, 2.75) is 45.3 Å². The molecular weight excluding hydrogens is 209 g/mol. The molecule has 89 valence electrons. The van der Waals surface area contributed by atoms with Crippen LogP contribution >= 0.6 is 0 Å². The molecule has 1 fully saturated rings. The summed E-state index contributed by atoms with van der Waals surface area (Å²) in [6.45, 7) is 6.06. The lowest BCUT2D eigenvalue weighted by Gasteiger charge is -2.19. The zero-order chi connectivity index (χ0) is 12.2. The number of rotatable bonds is 3. The first-order chi connectivity index (χ1) is 7.38. The van der Waals surface area contributed by atoms with Crippen LogP contribution in [-0.4, -0.2) is 37.5 Å². The molecule has 16 heavy (non-hydrogen) atoms. The Bertz CT molecular complexity index is 268. The molecule has 1 heterocycles. The van der Waals surface area contributed by atoms with E-state index in [0.717, 1.165) is 26.9 Å². The van der Waals surface area contributed by atoms with Crippen molar-refractivity contribution < 1.29 is 19.0 Å². The minimum Gasteiger partial charge on any atom is -0.525 e. The molecule has 0 aromatic heterocycles. The normalized spacial score (nSPS) is 20.3. The number of carbonyl (C=O) groups is 2. The second-order valence-corrected chi connectivity index (χ2v) is 4.74. The van der Waals surface area contributed by atoms with Crippen LogP contribution in [0.5, 0.6) is 0 Å². The molecule has 0 saturated carbocycles. The van der Waals surface area contributed by atoms with Gasteiger partial charge in [0.15, 0.2) is 0 Å². The molecule has 1 saturated heterocycles. The van der Waals surface area contributed by atoms with E-state index in [2.05, 4.69) is 5.32 Å². The molecule has 0 amide bonds. The predicted octanol–water partition coefficient (Wildman–Crippen LogP) is 0.836. The fraction of sp³-hybridized carbons (Fsp3) is 0.800. The third-order valence-corrected chi connectivity index (χ3v) is 2.02. The lowest BCUT2D eigenvalue weighted by Crippen LogP contribution is -2.35. The highest BCUT2D eigenvalue weighted by Gasteiger charge is 2.26. The molecule has 0 bridgehead atoms. The summed E-state index contributed by atoms with van der Waals surface area (Å²) in [5, 5.41) is 2.98. The molecule has 1 radical (unpaired) electrons. The topological polar surface area (TPSA) is 64.6 Å². The molecule has 1 N–H and O–H groups in total. The van der Waals surface area contributed by atoms with Gasteiger partial charge >= 0.3 is 19.3 Å². The Balaban J connectivity index is 2.23. The fourth-order valence-corrected chi connectivity index (χ4v) is 1.40. The SMILES string of the molecule is CC(C)(C)OC(=O)[B]OC(=O)[C@@H]1CCCN1. The Morgan fingerprint density at radius 2 is 2.06 bits per heavy atom. The number of hydrogen-bond donors (Lipinski definition) is 1. The number of ether oxygens (including phenoxy) is 1. The first-order valence-electron chi connectivity index (χ1n) is 5.38. The van der Waals surface area contributed by atoms with E-state index >= 15 is 0 Å². The van der Waals surface area contributed by atoms with Gasteiger partial charge in [-0.05, 0) is 40.2 Å². The van der Waals surface area contributed by atoms with Crippen LogP contribution in [0.1, 0.15) is 33.6 Å². The Kier molecular flexibility index (Phi) is 4.35. The maximum atomic E-state index is 11.4. The van der Waals surface area contributed by atoms with Gasteiger partial charge in [0.1, 0.15) is 11.6 Å². The second-order valence-electron chi connectivity index (χ2n) is 4.74. The van der Waals surface area contributed by atoms with Crippen molar-refractivity contribution in [3.05, 3.63) is 0 Å². The van der Waals surface area contributed by atoms with E-state index in [1.54, 1.807) is 20.8 Å². The van der Waals surface area contributed by atoms with Crippen LogP contribution in [0.2, 0.25) is 0 Å². The molecular formula is C10H17BNO4. The van der Waals surface area contributed by atoms with E-state index in [4.69, 9.17) is 9.39 Å². The van der Waals surface area contributed by atoms with Crippen LogP contribution in [0.25, 0.3) is 0 Å². The Labute approximate surface area is 96.1 Å².